The van der Waals surface area contributed by atoms with Gasteiger partial charge in [-0.1, -0.05) is 18.5 Å². The third-order valence-electron chi connectivity index (χ3n) is 5.23. The number of benzene rings is 1. The van der Waals surface area contributed by atoms with Crippen LogP contribution in [0.3, 0.4) is 0 Å². The SMILES string of the molecule is CC[C@H](C)NC(=O)[C@H]1CCCN(Cc2nc(-c3ccc(Cl)cc3)oc2C)C1. The Morgan fingerprint density at radius 2 is 2.15 bits per heavy atom. The van der Waals surface area contributed by atoms with Crippen molar-refractivity contribution >= 4 is 17.5 Å². The van der Waals surface area contributed by atoms with Gasteiger partial charge in [-0.2, -0.15) is 0 Å². The molecule has 6 heteroatoms. The van der Waals surface area contributed by atoms with Gasteiger partial charge in [-0.05, 0) is 63.9 Å². The minimum Gasteiger partial charge on any atom is -0.441 e. The summed E-state index contributed by atoms with van der Waals surface area (Å²) < 4.78 is 5.86. The molecule has 1 fully saturated rings. The molecule has 2 atom stereocenters. The van der Waals surface area contributed by atoms with Crippen LogP contribution in [0.4, 0.5) is 0 Å². The van der Waals surface area contributed by atoms with Gasteiger partial charge in [-0.25, -0.2) is 4.98 Å². The molecule has 1 aliphatic rings. The van der Waals surface area contributed by atoms with Gasteiger partial charge in [-0.15, -0.1) is 0 Å². The zero-order chi connectivity index (χ0) is 19.4. The van der Waals surface area contributed by atoms with Gasteiger partial charge in [0.05, 0.1) is 11.6 Å². The molecule has 0 radical (unpaired) electrons. The van der Waals surface area contributed by atoms with Gasteiger partial charge in [0.15, 0.2) is 0 Å². The van der Waals surface area contributed by atoms with E-state index in [1.54, 1.807) is 0 Å². The molecule has 27 heavy (non-hydrogen) atoms. The van der Waals surface area contributed by atoms with Crippen LogP contribution in [0, 0.1) is 12.8 Å². The number of carbonyl (C=O) groups is 1. The van der Waals surface area contributed by atoms with Gasteiger partial charge in [0, 0.05) is 29.7 Å². The van der Waals surface area contributed by atoms with E-state index in [4.69, 9.17) is 16.0 Å². The monoisotopic (exact) mass is 389 g/mol. The predicted molar refractivity (Wildman–Crippen MR) is 108 cm³/mol. The Balaban J connectivity index is 1.64. The summed E-state index contributed by atoms with van der Waals surface area (Å²) in [6, 6.07) is 7.72. The molecule has 0 saturated carbocycles. The summed E-state index contributed by atoms with van der Waals surface area (Å²) in [5, 5.41) is 3.81. The molecule has 0 unspecified atom stereocenters. The lowest BCUT2D eigenvalue weighted by Crippen LogP contribution is -2.45. The van der Waals surface area contributed by atoms with Gasteiger partial charge >= 0.3 is 0 Å². The molecule has 1 aliphatic heterocycles. The first-order valence-corrected chi connectivity index (χ1v) is 10.1. The number of rotatable bonds is 6. The summed E-state index contributed by atoms with van der Waals surface area (Å²) >= 11 is 5.95. The molecule has 3 rings (SSSR count). The van der Waals surface area contributed by atoms with Crippen LogP contribution < -0.4 is 5.32 Å². The lowest BCUT2D eigenvalue weighted by Gasteiger charge is -2.32. The van der Waals surface area contributed by atoms with E-state index in [2.05, 4.69) is 29.0 Å². The quantitative estimate of drug-likeness (QED) is 0.793. The minimum atomic E-state index is 0.0516. The fourth-order valence-corrected chi connectivity index (χ4v) is 3.50. The molecule has 0 spiro atoms. The predicted octanol–water partition coefficient (Wildman–Crippen LogP) is 4.43. The number of oxazole rings is 1. The Kier molecular flexibility index (Phi) is 6.55. The summed E-state index contributed by atoms with van der Waals surface area (Å²) in [6.45, 7) is 8.54. The Morgan fingerprint density at radius 1 is 1.41 bits per heavy atom. The molecule has 1 aromatic heterocycles. The first-order valence-electron chi connectivity index (χ1n) is 9.71. The number of amides is 1. The van der Waals surface area contributed by atoms with Gasteiger partial charge < -0.3 is 9.73 Å². The number of nitrogens with one attached hydrogen (secondary N) is 1. The summed E-state index contributed by atoms with van der Waals surface area (Å²) in [5.41, 5.74) is 1.85. The largest absolute Gasteiger partial charge is 0.441 e. The maximum atomic E-state index is 12.5. The van der Waals surface area contributed by atoms with Crippen LogP contribution >= 0.6 is 11.6 Å². The molecule has 1 N–H and O–H groups in total. The van der Waals surface area contributed by atoms with E-state index in [0.717, 1.165) is 49.4 Å². The number of aryl methyl sites for hydroxylation is 1. The Labute approximate surface area is 166 Å². The van der Waals surface area contributed by atoms with E-state index >= 15 is 0 Å². The molecule has 0 bridgehead atoms. The Hall–Kier alpha value is -1.85. The molecule has 2 heterocycles. The number of piperidine rings is 1. The van der Waals surface area contributed by atoms with E-state index in [0.29, 0.717) is 17.5 Å². The smallest absolute Gasteiger partial charge is 0.226 e. The average Bonchev–Trinajstić information content (AvgIpc) is 3.02. The van der Waals surface area contributed by atoms with Crippen molar-refractivity contribution in [2.75, 3.05) is 13.1 Å². The molecule has 1 amide bonds. The van der Waals surface area contributed by atoms with Crippen LogP contribution in [-0.4, -0.2) is 34.9 Å². The summed E-state index contributed by atoms with van der Waals surface area (Å²) in [7, 11) is 0. The normalized spacial score (nSPS) is 19.0. The first kappa shape index (κ1) is 19.9. The third kappa shape index (κ3) is 5.11. The maximum Gasteiger partial charge on any atom is 0.226 e. The second-order valence-corrected chi connectivity index (χ2v) is 7.86. The second kappa shape index (κ2) is 8.89. The van der Waals surface area contributed by atoms with Crippen LogP contribution in [-0.2, 0) is 11.3 Å². The summed E-state index contributed by atoms with van der Waals surface area (Å²) in [6.07, 6.45) is 2.93. The molecule has 5 nitrogen and oxygen atoms in total. The highest BCUT2D eigenvalue weighted by Gasteiger charge is 2.27. The van der Waals surface area contributed by atoms with Crippen molar-refractivity contribution in [3.05, 3.63) is 40.7 Å². The highest BCUT2D eigenvalue weighted by molar-refractivity contribution is 6.30. The molecule has 1 saturated heterocycles. The molecular formula is C21H28ClN3O2. The molecule has 0 aliphatic carbocycles. The van der Waals surface area contributed by atoms with Gasteiger partial charge in [-0.3, -0.25) is 9.69 Å². The van der Waals surface area contributed by atoms with Crippen molar-refractivity contribution in [1.29, 1.82) is 0 Å². The molecule has 1 aromatic carbocycles. The maximum absolute atomic E-state index is 12.5. The van der Waals surface area contributed by atoms with Crippen molar-refractivity contribution in [1.82, 2.24) is 15.2 Å². The number of likely N-dealkylation sites (tertiary alicyclic amines) is 1. The zero-order valence-electron chi connectivity index (χ0n) is 16.3. The van der Waals surface area contributed by atoms with Gasteiger partial charge in [0.1, 0.15) is 5.76 Å². The third-order valence-corrected chi connectivity index (χ3v) is 5.49. The molecule has 2 aromatic rings. The fraction of sp³-hybridized carbons (Fsp3) is 0.524. The van der Waals surface area contributed by atoms with Crippen LogP contribution in [0.1, 0.15) is 44.6 Å². The first-order chi connectivity index (χ1) is 13.0. The van der Waals surface area contributed by atoms with Crippen LogP contribution in [0.5, 0.6) is 0 Å². The standard InChI is InChI=1S/C21H28ClN3O2/c1-4-14(2)23-20(26)17-6-5-11-25(12-17)13-19-15(3)27-21(24-19)16-7-9-18(22)10-8-16/h7-10,14,17H,4-6,11-13H2,1-3H3,(H,23,26)/t14-,17-/m0/s1. The van der Waals surface area contributed by atoms with E-state index in [1.165, 1.54) is 0 Å². The number of halogens is 1. The zero-order valence-corrected chi connectivity index (χ0v) is 17.1. The van der Waals surface area contributed by atoms with Crippen molar-refractivity contribution in [3.63, 3.8) is 0 Å². The molecule has 146 valence electrons. The van der Waals surface area contributed by atoms with Crippen LogP contribution in [0.15, 0.2) is 28.7 Å². The number of hydrogen-bond donors (Lipinski definition) is 1. The van der Waals surface area contributed by atoms with Crippen LogP contribution in [0.25, 0.3) is 11.5 Å². The van der Waals surface area contributed by atoms with Crippen LogP contribution in [0.2, 0.25) is 5.02 Å². The summed E-state index contributed by atoms with van der Waals surface area (Å²) in [4.78, 5) is 19.5. The highest BCUT2D eigenvalue weighted by atomic mass is 35.5. The van der Waals surface area contributed by atoms with Crippen molar-refractivity contribution in [2.24, 2.45) is 5.92 Å². The second-order valence-electron chi connectivity index (χ2n) is 7.42. The number of hydrogen-bond acceptors (Lipinski definition) is 4. The topological polar surface area (TPSA) is 58.4 Å². The lowest BCUT2D eigenvalue weighted by molar-refractivity contribution is -0.127. The number of nitrogens with zero attached hydrogens (tertiary/aromatic N) is 2. The lowest BCUT2D eigenvalue weighted by atomic mass is 9.96. The Bertz CT molecular complexity index is 772. The molecular weight excluding hydrogens is 362 g/mol. The van der Waals surface area contributed by atoms with E-state index in [-0.39, 0.29) is 17.9 Å². The average molecular weight is 390 g/mol. The minimum absolute atomic E-state index is 0.0516. The van der Waals surface area contributed by atoms with E-state index in [9.17, 15) is 4.79 Å². The highest BCUT2D eigenvalue weighted by Crippen LogP contribution is 2.25. The van der Waals surface area contributed by atoms with Crippen molar-refractivity contribution in [3.8, 4) is 11.5 Å². The van der Waals surface area contributed by atoms with Crippen molar-refractivity contribution in [2.45, 2.75) is 52.6 Å². The van der Waals surface area contributed by atoms with E-state index < -0.39 is 0 Å². The van der Waals surface area contributed by atoms with Gasteiger partial charge in [0.2, 0.25) is 11.8 Å². The number of carbonyl (C=O) groups excluding carboxylic acids is 1. The Morgan fingerprint density at radius 3 is 2.85 bits per heavy atom. The summed E-state index contributed by atoms with van der Waals surface area (Å²) in [5.74, 6) is 1.66. The van der Waals surface area contributed by atoms with Gasteiger partial charge in [0.25, 0.3) is 0 Å². The fourth-order valence-electron chi connectivity index (χ4n) is 3.38. The van der Waals surface area contributed by atoms with E-state index in [1.807, 2.05) is 31.2 Å². The number of aromatic nitrogens is 1. The van der Waals surface area contributed by atoms with Crippen molar-refractivity contribution < 1.29 is 9.21 Å².